The molecule has 11 heavy (non-hydrogen) atoms. The molecule has 0 rings (SSSR count). The van der Waals surface area contributed by atoms with Crippen LogP contribution in [0.15, 0.2) is 0 Å². The van der Waals surface area contributed by atoms with Gasteiger partial charge in [0.25, 0.3) is 0 Å². The molecule has 2 nitrogen and oxygen atoms in total. The van der Waals surface area contributed by atoms with Gasteiger partial charge in [-0.3, -0.25) is 0 Å². The van der Waals surface area contributed by atoms with Crippen LogP contribution in [0, 0.1) is 0 Å². The van der Waals surface area contributed by atoms with Crippen molar-refractivity contribution in [2.45, 2.75) is 13.3 Å². The summed E-state index contributed by atoms with van der Waals surface area (Å²) in [7, 11) is 2.05. The van der Waals surface area contributed by atoms with Crippen molar-refractivity contribution >= 4 is 11.6 Å². The normalized spacial score (nSPS) is 10.9. The standard InChI is InChI=1S/C8H18ClNO/c1-3-7-11-8-6-10(2)5-4-9/h3-8H2,1-2H3. The Bertz CT molecular complexity index is 80.5. The quantitative estimate of drug-likeness (QED) is 0.435. The second kappa shape index (κ2) is 8.31. The van der Waals surface area contributed by atoms with Crippen LogP contribution < -0.4 is 0 Å². The monoisotopic (exact) mass is 179 g/mol. The van der Waals surface area contributed by atoms with E-state index in [1.807, 2.05) is 0 Å². The number of ether oxygens (including phenoxy) is 1. The van der Waals surface area contributed by atoms with Gasteiger partial charge in [0.2, 0.25) is 0 Å². The van der Waals surface area contributed by atoms with Gasteiger partial charge in [0, 0.05) is 25.6 Å². The molecule has 0 saturated heterocycles. The molecule has 0 aliphatic carbocycles. The average Bonchev–Trinajstić information content (AvgIpc) is 1.99. The molecular formula is C8H18ClNO. The Morgan fingerprint density at radius 1 is 1.27 bits per heavy atom. The van der Waals surface area contributed by atoms with E-state index in [4.69, 9.17) is 16.3 Å². The fourth-order valence-corrected chi connectivity index (χ4v) is 1.01. The summed E-state index contributed by atoms with van der Waals surface area (Å²) in [5.74, 6) is 0.699. The highest BCUT2D eigenvalue weighted by atomic mass is 35.5. The molecule has 0 heterocycles. The maximum absolute atomic E-state index is 5.55. The number of likely N-dealkylation sites (N-methyl/N-ethyl adjacent to an activating group) is 1. The van der Waals surface area contributed by atoms with Crippen LogP contribution in [0.5, 0.6) is 0 Å². The van der Waals surface area contributed by atoms with E-state index in [1.165, 1.54) is 0 Å². The van der Waals surface area contributed by atoms with Crippen LogP contribution in [-0.2, 0) is 4.74 Å². The highest BCUT2D eigenvalue weighted by Gasteiger charge is 1.95. The third-order valence-corrected chi connectivity index (χ3v) is 1.60. The van der Waals surface area contributed by atoms with Crippen molar-refractivity contribution in [1.82, 2.24) is 4.90 Å². The Hall–Kier alpha value is 0.210. The maximum atomic E-state index is 5.55. The minimum absolute atomic E-state index is 0.699. The fourth-order valence-electron chi connectivity index (χ4n) is 0.723. The lowest BCUT2D eigenvalue weighted by molar-refractivity contribution is 0.113. The van der Waals surface area contributed by atoms with E-state index in [0.717, 1.165) is 32.7 Å². The maximum Gasteiger partial charge on any atom is 0.0593 e. The molecule has 3 heteroatoms. The lowest BCUT2D eigenvalue weighted by Crippen LogP contribution is -2.25. The molecule has 0 unspecified atom stereocenters. The summed E-state index contributed by atoms with van der Waals surface area (Å²) in [6.45, 7) is 5.72. The fraction of sp³-hybridized carbons (Fsp3) is 1.00. The molecule has 0 aromatic rings. The summed E-state index contributed by atoms with van der Waals surface area (Å²) in [4.78, 5) is 2.17. The van der Waals surface area contributed by atoms with E-state index in [9.17, 15) is 0 Å². The van der Waals surface area contributed by atoms with Gasteiger partial charge in [-0.25, -0.2) is 0 Å². The molecule has 0 aromatic heterocycles. The molecule has 0 aliphatic rings. The van der Waals surface area contributed by atoms with E-state index < -0.39 is 0 Å². The molecular weight excluding hydrogens is 162 g/mol. The van der Waals surface area contributed by atoms with E-state index in [1.54, 1.807) is 0 Å². The van der Waals surface area contributed by atoms with Crippen LogP contribution in [-0.4, -0.2) is 44.1 Å². The van der Waals surface area contributed by atoms with E-state index in [2.05, 4.69) is 18.9 Å². The van der Waals surface area contributed by atoms with Gasteiger partial charge in [0.15, 0.2) is 0 Å². The molecule has 0 N–H and O–H groups in total. The first-order valence-electron chi connectivity index (χ1n) is 4.13. The van der Waals surface area contributed by atoms with Crippen LogP contribution >= 0.6 is 11.6 Å². The molecule has 0 saturated carbocycles. The zero-order valence-electron chi connectivity index (χ0n) is 7.48. The predicted octanol–water partition coefficient (Wildman–Crippen LogP) is 1.58. The van der Waals surface area contributed by atoms with Crippen molar-refractivity contribution in [3.63, 3.8) is 0 Å². The zero-order chi connectivity index (χ0) is 8.53. The summed E-state index contributed by atoms with van der Waals surface area (Å²) >= 11 is 5.55. The summed E-state index contributed by atoms with van der Waals surface area (Å²) < 4.78 is 5.32. The summed E-state index contributed by atoms with van der Waals surface area (Å²) in [6.07, 6.45) is 1.10. The Morgan fingerprint density at radius 3 is 2.55 bits per heavy atom. The van der Waals surface area contributed by atoms with Gasteiger partial charge in [-0.2, -0.15) is 0 Å². The topological polar surface area (TPSA) is 12.5 Å². The second-order valence-corrected chi connectivity index (χ2v) is 2.98. The van der Waals surface area contributed by atoms with Gasteiger partial charge in [0.1, 0.15) is 0 Å². The van der Waals surface area contributed by atoms with Gasteiger partial charge >= 0.3 is 0 Å². The third kappa shape index (κ3) is 8.11. The molecule has 0 aliphatic heterocycles. The van der Waals surface area contributed by atoms with Crippen LogP contribution in [0.3, 0.4) is 0 Å². The van der Waals surface area contributed by atoms with Crippen molar-refractivity contribution in [3.8, 4) is 0 Å². The zero-order valence-corrected chi connectivity index (χ0v) is 8.23. The smallest absolute Gasteiger partial charge is 0.0593 e. The molecule has 0 amide bonds. The highest BCUT2D eigenvalue weighted by Crippen LogP contribution is 1.86. The van der Waals surface area contributed by atoms with Crippen molar-refractivity contribution in [1.29, 1.82) is 0 Å². The number of nitrogens with zero attached hydrogens (tertiary/aromatic N) is 1. The highest BCUT2D eigenvalue weighted by molar-refractivity contribution is 6.18. The number of alkyl halides is 1. The van der Waals surface area contributed by atoms with Gasteiger partial charge in [-0.15, -0.1) is 11.6 Å². The first-order chi connectivity index (χ1) is 5.31. The van der Waals surface area contributed by atoms with Crippen molar-refractivity contribution in [2.24, 2.45) is 0 Å². The molecule has 0 fully saturated rings. The summed E-state index contributed by atoms with van der Waals surface area (Å²) in [5, 5.41) is 0. The van der Waals surface area contributed by atoms with Crippen LogP contribution in [0.25, 0.3) is 0 Å². The van der Waals surface area contributed by atoms with Gasteiger partial charge in [0.05, 0.1) is 6.61 Å². The molecule has 68 valence electrons. The van der Waals surface area contributed by atoms with Crippen LogP contribution in [0.4, 0.5) is 0 Å². The van der Waals surface area contributed by atoms with Gasteiger partial charge < -0.3 is 9.64 Å². The Morgan fingerprint density at radius 2 is 2.00 bits per heavy atom. The molecule has 0 radical (unpaired) electrons. The SMILES string of the molecule is CCCOCCN(C)CCCl. The predicted molar refractivity (Wildman–Crippen MR) is 49.3 cm³/mol. The van der Waals surface area contributed by atoms with Crippen LogP contribution in [0.2, 0.25) is 0 Å². The number of hydrogen-bond acceptors (Lipinski definition) is 2. The first-order valence-corrected chi connectivity index (χ1v) is 4.67. The minimum atomic E-state index is 0.699. The number of rotatable bonds is 7. The largest absolute Gasteiger partial charge is 0.380 e. The van der Waals surface area contributed by atoms with E-state index >= 15 is 0 Å². The molecule has 0 bridgehead atoms. The first kappa shape index (κ1) is 11.2. The lowest BCUT2D eigenvalue weighted by Gasteiger charge is -2.14. The van der Waals surface area contributed by atoms with Crippen molar-refractivity contribution in [3.05, 3.63) is 0 Å². The lowest BCUT2D eigenvalue weighted by atomic mass is 10.5. The Balaban J connectivity index is 2.97. The van der Waals surface area contributed by atoms with E-state index in [-0.39, 0.29) is 0 Å². The Kier molecular flexibility index (Phi) is 8.47. The van der Waals surface area contributed by atoms with Crippen LogP contribution in [0.1, 0.15) is 13.3 Å². The average molecular weight is 180 g/mol. The second-order valence-electron chi connectivity index (χ2n) is 2.60. The number of halogens is 1. The van der Waals surface area contributed by atoms with E-state index in [0.29, 0.717) is 5.88 Å². The van der Waals surface area contributed by atoms with Crippen molar-refractivity contribution in [2.75, 3.05) is 39.2 Å². The molecule has 0 spiro atoms. The van der Waals surface area contributed by atoms with Gasteiger partial charge in [-0.05, 0) is 13.5 Å². The summed E-state index contributed by atoms with van der Waals surface area (Å²) in [5.41, 5.74) is 0. The number of hydrogen-bond donors (Lipinski definition) is 0. The van der Waals surface area contributed by atoms with Gasteiger partial charge in [-0.1, -0.05) is 6.92 Å². The Labute approximate surface area is 74.5 Å². The van der Waals surface area contributed by atoms with Crippen molar-refractivity contribution < 1.29 is 4.74 Å². The molecule has 0 atom stereocenters. The third-order valence-electron chi connectivity index (χ3n) is 1.43. The summed E-state index contributed by atoms with van der Waals surface area (Å²) in [6, 6.07) is 0. The minimum Gasteiger partial charge on any atom is -0.380 e. The molecule has 0 aromatic carbocycles.